The maximum absolute atomic E-state index is 13.0. The molecule has 1 heterocycles. The number of carbonyl (C=O) groups is 2. The molecule has 9 heteroatoms. The molecule has 2 aromatic rings. The fraction of sp³-hybridized carbons (Fsp3) is 0.381. The summed E-state index contributed by atoms with van der Waals surface area (Å²) < 4.78 is 50.8. The van der Waals surface area contributed by atoms with Gasteiger partial charge in [0.25, 0.3) is 5.91 Å². The van der Waals surface area contributed by atoms with Crippen molar-refractivity contribution in [2.75, 3.05) is 5.32 Å². The van der Waals surface area contributed by atoms with Gasteiger partial charge in [-0.05, 0) is 61.1 Å². The van der Waals surface area contributed by atoms with Crippen molar-refractivity contribution >= 4 is 17.5 Å². The average molecular weight is 421 g/mol. The number of amides is 2. The van der Waals surface area contributed by atoms with Crippen LogP contribution in [0.15, 0.2) is 42.6 Å². The molecule has 2 amide bonds. The van der Waals surface area contributed by atoms with Gasteiger partial charge in [0.15, 0.2) is 0 Å². The van der Waals surface area contributed by atoms with Crippen LogP contribution in [0, 0.1) is 17.2 Å². The summed E-state index contributed by atoms with van der Waals surface area (Å²) in [5, 5.41) is 5.62. The van der Waals surface area contributed by atoms with Crippen molar-refractivity contribution in [2.45, 2.75) is 37.9 Å². The van der Waals surface area contributed by atoms with Gasteiger partial charge in [0.05, 0.1) is 5.56 Å². The minimum absolute atomic E-state index is 0.0797. The number of nitrogens with one attached hydrogen (secondary N) is 2. The maximum Gasteiger partial charge on any atom is 0.417 e. The van der Waals surface area contributed by atoms with E-state index >= 15 is 0 Å². The standard InChI is InChI=1S/C21H19F4N3O2/c1-12(17(29)27-15-5-3-14(22)4-6-15)19-9-20(10-19,11-19)28-18(30)16-7-2-13(8-26-16)21(23,24)25/h2-8,12H,9-11H2,1H3,(H,27,29)(H,28,30). The molecule has 1 aromatic carbocycles. The molecule has 30 heavy (non-hydrogen) atoms. The van der Waals surface area contributed by atoms with E-state index in [1.807, 2.05) is 6.92 Å². The zero-order valence-corrected chi connectivity index (χ0v) is 16.0. The van der Waals surface area contributed by atoms with Crippen LogP contribution in [0.3, 0.4) is 0 Å². The minimum atomic E-state index is -4.51. The third-order valence-electron chi connectivity index (χ3n) is 6.20. The molecule has 3 aliphatic carbocycles. The highest BCUT2D eigenvalue weighted by atomic mass is 19.4. The van der Waals surface area contributed by atoms with Crippen molar-refractivity contribution in [3.63, 3.8) is 0 Å². The number of nitrogens with zero attached hydrogens (tertiary/aromatic N) is 1. The van der Waals surface area contributed by atoms with E-state index in [1.54, 1.807) is 0 Å². The Labute approximate surface area is 169 Å². The van der Waals surface area contributed by atoms with E-state index in [0.29, 0.717) is 31.1 Å². The Morgan fingerprint density at radius 3 is 2.23 bits per heavy atom. The Morgan fingerprint density at radius 1 is 1.07 bits per heavy atom. The summed E-state index contributed by atoms with van der Waals surface area (Å²) in [6, 6.07) is 7.38. The largest absolute Gasteiger partial charge is 0.417 e. The fourth-order valence-electron chi connectivity index (χ4n) is 4.52. The predicted octanol–water partition coefficient (Wildman–Crippen LogP) is 4.17. The Bertz CT molecular complexity index is 967. The molecule has 1 aromatic heterocycles. The Morgan fingerprint density at radius 2 is 1.70 bits per heavy atom. The lowest BCUT2D eigenvalue weighted by Crippen LogP contribution is -2.77. The van der Waals surface area contributed by atoms with Gasteiger partial charge in [-0.1, -0.05) is 6.92 Å². The van der Waals surface area contributed by atoms with Crippen molar-refractivity contribution < 1.29 is 27.2 Å². The first-order valence-electron chi connectivity index (χ1n) is 9.44. The molecule has 3 aliphatic rings. The van der Waals surface area contributed by atoms with Crippen LogP contribution in [0.4, 0.5) is 23.2 Å². The highest BCUT2D eigenvalue weighted by molar-refractivity contribution is 5.94. The molecular weight excluding hydrogens is 402 g/mol. The van der Waals surface area contributed by atoms with Crippen molar-refractivity contribution in [1.29, 1.82) is 0 Å². The van der Waals surface area contributed by atoms with Gasteiger partial charge in [-0.15, -0.1) is 0 Å². The van der Waals surface area contributed by atoms with Crippen LogP contribution in [0.2, 0.25) is 0 Å². The number of hydrogen-bond donors (Lipinski definition) is 2. The van der Waals surface area contributed by atoms with E-state index in [4.69, 9.17) is 0 Å². The van der Waals surface area contributed by atoms with Crippen molar-refractivity contribution in [3.8, 4) is 0 Å². The molecule has 5 rings (SSSR count). The summed E-state index contributed by atoms with van der Waals surface area (Å²) in [4.78, 5) is 28.5. The second kappa shape index (κ2) is 6.78. The highest BCUT2D eigenvalue weighted by Crippen LogP contribution is 2.70. The van der Waals surface area contributed by atoms with Gasteiger partial charge < -0.3 is 10.6 Å². The zero-order valence-electron chi connectivity index (χ0n) is 16.0. The maximum atomic E-state index is 13.0. The van der Waals surface area contributed by atoms with Crippen LogP contribution in [0.5, 0.6) is 0 Å². The minimum Gasteiger partial charge on any atom is -0.345 e. The molecule has 3 saturated carbocycles. The van der Waals surface area contributed by atoms with Crippen molar-refractivity contribution in [1.82, 2.24) is 10.3 Å². The van der Waals surface area contributed by atoms with E-state index < -0.39 is 23.2 Å². The van der Waals surface area contributed by atoms with Crippen molar-refractivity contribution in [2.24, 2.45) is 11.3 Å². The van der Waals surface area contributed by atoms with Gasteiger partial charge in [-0.25, -0.2) is 4.39 Å². The fourth-order valence-corrected chi connectivity index (χ4v) is 4.52. The van der Waals surface area contributed by atoms with Crippen LogP contribution >= 0.6 is 0 Å². The molecule has 1 unspecified atom stereocenters. The van der Waals surface area contributed by atoms with Crippen LogP contribution in [-0.4, -0.2) is 22.3 Å². The first-order chi connectivity index (χ1) is 14.0. The lowest BCUT2D eigenvalue weighted by molar-refractivity contribution is -0.184. The second-order valence-electron chi connectivity index (χ2n) is 8.27. The monoisotopic (exact) mass is 421 g/mol. The molecule has 2 N–H and O–H groups in total. The number of pyridine rings is 1. The third kappa shape index (κ3) is 3.53. The SMILES string of the molecule is CC(C(=O)Nc1ccc(F)cc1)C12CC(NC(=O)c3ccc(C(F)(F)F)cn3)(C1)C2. The van der Waals surface area contributed by atoms with Crippen molar-refractivity contribution in [3.05, 3.63) is 59.7 Å². The van der Waals surface area contributed by atoms with E-state index in [9.17, 15) is 27.2 Å². The van der Waals surface area contributed by atoms with Gasteiger partial charge >= 0.3 is 6.18 Å². The van der Waals surface area contributed by atoms with E-state index in [0.717, 1.165) is 12.1 Å². The number of hydrogen-bond acceptors (Lipinski definition) is 3. The average Bonchev–Trinajstić information content (AvgIpc) is 2.64. The number of rotatable bonds is 5. The molecule has 158 valence electrons. The number of halogens is 4. The number of alkyl halides is 3. The summed E-state index contributed by atoms with van der Waals surface area (Å²) in [5.74, 6) is -1.39. The van der Waals surface area contributed by atoms with Crippen LogP contribution in [0.25, 0.3) is 0 Å². The summed E-state index contributed by atoms with van der Waals surface area (Å²) in [6.07, 6.45) is -2.02. The number of anilines is 1. The first kappa shape index (κ1) is 20.3. The lowest BCUT2D eigenvalue weighted by Gasteiger charge is -2.72. The molecule has 2 bridgehead atoms. The molecule has 0 saturated heterocycles. The first-order valence-corrected chi connectivity index (χ1v) is 9.44. The molecule has 0 aliphatic heterocycles. The van der Waals surface area contributed by atoms with Gasteiger partial charge in [0.2, 0.25) is 5.91 Å². The van der Waals surface area contributed by atoms with Crippen LogP contribution in [-0.2, 0) is 11.0 Å². The number of carbonyl (C=O) groups excluding carboxylic acids is 2. The summed E-state index contributed by atoms with van der Waals surface area (Å²) in [5.41, 5.74) is -1.14. The molecule has 3 fully saturated rings. The third-order valence-corrected chi connectivity index (χ3v) is 6.20. The molecule has 0 radical (unpaired) electrons. The summed E-state index contributed by atoms with van der Waals surface area (Å²) in [7, 11) is 0. The highest BCUT2D eigenvalue weighted by Gasteiger charge is 2.71. The van der Waals surface area contributed by atoms with Crippen LogP contribution in [0.1, 0.15) is 42.2 Å². The van der Waals surface area contributed by atoms with Crippen LogP contribution < -0.4 is 10.6 Å². The molecular formula is C21H19F4N3O2. The van der Waals surface area contributed by atoms with Gasteiger partial charge in [-0.2, -0.15) is 13.2 Å². The smallest absolute Gasteiger partial charge is 0.345 e. The lowest BCUT2D eigenvalue weighted by atomic mass is 9.36. The van der Waals surface area contributed by atoms with E-state index in [2.05, 4.69) is 15.6 Å². The normalized spacial score (nSPS) is 25.5. The zero-order chi connectivity index (χ0) is 21.7. The van der Waals surface area contributed by atoms with Gasteiger partial charge in [0, 0.05) is 23.3 Å². The second-order valence-corrected chi connectivity index (χ2v) is 8.27. The van der Waals surface area contributed by atoms with Gasteiger partial charge in [0.1, 0.15) is 11.5 Å². The Balaban J connectivity index is 1.32. The Hall–Kier alpha value is -2.97. The summed E-state index contributed by atoms with van der Waals surface area (Å²) in [6.45, 7) is 1.82. The molecule has 0 spiro atoms. The van der Waals surface area contributed by atoms with Gasteiger partial charge in [-0.3, -0.25) is 14.6 Å². The molecule has 5 nitrogen and oxygen atoms in total. The number of benzene rings is 1. The van der Waals surface area contributed by atoms with E-state index in [1.165, 1.54) is 24.3 Å². The topological polar surface area (TPSA) is 71.1 Å². The summed E-state index contributed by atoms with van der Waals surface area (Å²) >= 11 is 0. The quantitative estimate of drug-likeness (QED) is 0.712. The number of aromatic nitrogens is 1. The predicted molar refractivity (Wildman–Crippen MR) is 99.9 cm³/mol. The Kier molecular flexibility index (Phi) is 4.59. The van der Waals surface area contributed by atoms with E-state index in [-0.39, 0.29) is 28.8 Å². The molecule has 1 atom stereocenters.